The summed E-state index contributed by atoms with van der Waals surface area (Å²) < 4.78 is 1.75. The van der Waals surface area contributed by atoms with E-state index >= 15 is 0 Å². The molecule has 0 aliphatic rings. The molecule has 0 spiro atoms. The number of nitrogens with two attached hydrogens (primary N) is 1. The van der Waals surface area contributed by atoms with Gasteiger partial charge in [-0.1, -0.05) is 13.8 Å². The van der Waals surface area contributed by atoms with Crippen molar-refractivity contribution in [2.45, 2.75) is 20.3 Å². The molecule has 18 heavy (non-hydrogen) atoms. The first-order valence-electron chi connectivity index (χ1n) is 5.92. The maximum Gasteiger partial charge on any atom is 0.144 e. The fourth-order valence-electron chi connectivity index (χ4n) is 1.73. The lowest BCUT2D eigenvalue weighted by atomic mass is 10.1. The van der Waals surface area contributed by atoms with E-state index in [9.17, 15) is 0 Å². The molecule has 2 rings (SSSR count). The summed E-state index contributed by atoms with van der Waals surface area (Å²) in [7, 11) is 1.88. The van der Waals surface area contributed by atoms with Crippen molar-refractivity contribution in [3.63, 3.8) is 0 Å². The first kappa shape index (κ1) is 12.5. The van der Waals surface area contributed by atoms with Gasteiger partial charge in [0.2, 0.25) is 0 Å². The zero-order valence-corrected chi connectivity index (χ0v) is 10.9. The Balaban J connectivity index is 2.40. The molecule has 2 aromatic rings. The van der Waals surface area contributed by atoms with Gasteiger partial charge in [0.1, 0.15) is 11.6 Å². The molecule has 2 aromatic heterocycles. The van der Waals surface area contributed by atoms with Gasteiger partial charge in [-0.25, -0.2) is 15.8 Å². The quantitative estimate of drug-likeness (QED) is 0.629. The molecule has 0 fully saturated rings. The standard InChI is InChI=1S/C12H18N6/c1-8(2)4-11-15-10(5-12(16-11)17-13)9-6-14-18(3)7-9/h5-8H,4,13H2,1-3H3,(H,15,16,17). The smallest absolute Gasteiger partial charge is 0.144 e. The van der Waals surface area contributed by atoms with Gasteiger partial charge in [-0.05, 0) is 5.92 Å². The lowest BCUT2D eigenvalue weighted by Crippen LogP contribution is -2.11. The van der Waals surface area contributed by atoms with Crippen molar-refractivity contribution in [3.8, 4) is 11.3 Å². The Morgan fingerprint density at radius 1 is 1.39 bits per heavy atom. The molecular formula is C12H18N6. The predicted molar refractivity (Wildman–Crippen MR) is 70.6 cm³/mol. The van der Waals surface area contributed by atoms with Gasteiger partial charge >= 0.3 is 0 Å². The van der Waals surface area contributed by atoms with Crippen LogP contribution < -0.4 is 11.3 Å². The molecule has 0 aliphatic heterocycles. The van der Waals surface area contributed by atoms with Crippen LogP contribution in [0, 0.1) is 5.92 Å². The summed E-state index contributed by atoms with van der Waals surface area (Å²) >= 11 is 0. The van der Waals surface area contributed by atoms with E-state index in [2.05, 4.69) is 34.3 Å². The van der Waals surface area contributed by atoms with Crippen molar-refractivity contribution < 1.29 is 0 Å². The number of nitrogens with one attached hydrogen (secondary N) is 1. The van der Waals surface area contributed by atoms with Gasteiger partial charge in [0, 0.05) is 31.3 Å². The van der Waals surface area contributed by atoms with Crippen LogP contribution in [0.1, 0.15) is 19.7 Å². The maximum absolute atomic E-state index is 5.44. The van der Waals surface area contributed by atoms with Gasteiger partial charge in [0.05, 0.1) is 11.9 Å². The normalized spacial score (nSPS) is 10.9. The fraction of sp³-hybridized carbons (Fsp3) is 0.417. The third kappa shape index (κ3) is 2.84. The minimum absolute atomic E-state index is 0.500. The molecule has 6 heteroatoms. The molecule has 0 atom stereocenters. The Kier molecular flexibility index (Phi) is 3.57. The number of anilines is 1. The highest BCUT2D eigenvalue weighted by molar-refractivity contribution is 5.60. The molecule has 6 nitrogen and oxygen atoms in total. The highest BCUT2D eigenvalue weighted by Gasteiger charge is 2.09. The highest BCUT2D eigenvalue weighted by atomic mass is 15.3. The third-order valence-electron chi connectivity index (χ3n) is 2.51. The van der Waals surface area contributed by atoms with Gasteiger partial charge in [-0.3, -0.25) is 4.68 Å². The first-order valence-corrected chi connectivity index (χ1v) is 5.92. The van der Waals surface area contributed by atoms with E-state index in [1.165, 1.54) is 0 Å². The molecule has 96 valence electrons. The SMILES string of the molecule is CC(C)Cc1nc(NN)cc(-c2cnn(C)c2)n1. The van der Waals surface area contributed by atoms with E-state index in [0.717, 1.165) is 23.5 Å². The number of hydrogen-bond acceptors (Lipinski definition) is 5. The first-order chi connectivity index (χ1) is 8.58. The van der Waals surface area contributed by atoms with E-state index in [0.29, 0.717) is 11.7 Å². The Morgan fingerprint density at radius 3 is 2.72 bits per heavy atom. The van der Waals surface area contributed by atoms with Crippen molar-refractivity contribution in [1.29, 1.82) is 0 Å². The molecule has 0 saturated heterocycles. The van der Waals surface area contributed by atoms with Gasteiger partial charge in [0.25, 0.3) is 0 Å². The van der Waals surface area contributed by atoms with Gasteiger partial charge in [-0.2, -0.15) is 5.10 Å². The summed E-state index contributed by atoms with van der Waals surface area (Å²) in [5.41, 5.74) is 4.37. The van der Waals surface area contributed by atoms with Crippen LogP contribution in [0.3, 0.4) is 0 Å². The van der Waals surface area contributed by atoms with Crippen molar-refractivity contribution in [2.75, 3.05) is 5.43 Å². The molecule has 0 aromatic carbocycles. The van der Waals surface area contributed by atoms with Gasteiger partial charge in [0.15, 0.2) is 0 Å². The summed E-state index contributed by atoms with van der Waals surface area (Å²) in [6, 6.07) is 1.82. The molecule has 0 saturated carbocycles. The molecule has 0 amide bonds. The van der Waals surface area contributed by atoms with Gasteiger partial charge in [-0.15, -0.1) is 0 Å². The summed E-state index contributed by atoms with van der Waals surface area (Å²) in [5.74, 6) is 7.36. The molecule has 3 N–H and O–H groups in total. The summed E-state index contributed by atoms with van der Waals surface area (Å²) in [6.45, 7) is 4.27. The number of nitrogens with zero attached hydrogens (tertiary/aromatic N) is 4. The summed E-state index contributed by atoms with van der Waals surface area (Å²) in [4.78, 5) is 8.90. The topological polar surface area (TPSA) is 81.6 Å². The molecule has 0 bridgehead atoms. The predicted octanol–water partition coefficient (Wildman–Crippen LogP) is 1.36. The second kappa shape index (κ2) is 5.14. The molecule has 0 radical (unpaired) electrons. The van der Waals surface area contributed by atoms with Crippen molar-refractivity contribution >= 4 is 5.82 Å². The van der Waals surface area contributed by atoms with Crippen LogP contribution in [0.4, 0.5) is 5.82 Å². The van der Waals surface area contributed by atoms with Crippen LogP contribution in [0.15, 0.2) is 18.5 Å². The highest BCUT2D eigenvalue weighted by Crippen LogP contribution is 2.19. The van der Waals surface area contributed by atoms with Crippen LogP contribution >= 0.6 is 0 Å². The van der Waals surface area contributed by atoms with E-state index < -0.39 is 0 Å². The third-order valence-corrected chi connectivity index (χ3v) is 2.51. The number of hydrazine groups is 1. The second-order valence-corrected chi connectivity index (χ2v) is 4.70. The Bertz CT molecular complexity index is 531. The zero-order valence-electron chi connectivity index (χ0n) is 10.9. The molecule has 0 unspecified atom stereocenters. The van der Waals surface area contributed by atoms with Gasteiger partial charge < -0.3 is 5.43 Å². The number of aromatic nitrogens is 4. The largest absolute Gasteiger partial charge is 0.308 e. The number of aryl methyl sites for hydroxylation is 1. The summed E-state index contributed by atoms with van der Waals surface area (Å²) in [6.07, 6.45) is 4.52. The van der Waals surface area contributed by atoms with E-state index in [1.807, 2.05) is 19.3 Å². The monoisotopic (exact) mass is 246 g/mol. The lowest BCUT2D eigenvalue weighted by molar-refractivity contribution is 0.621. The molecule has 2 heterocycles. The lowest BCUT2D eigenvalue weighted by Gasteiger charge is -2.08. The van der Waals surface area contributed by atoms with Crippen LogP contribution in [0.2, 0.25) is 0 Å². The van der Waals surface area contributed by atoms with Crippen LogP contribution in [-0.2, 0) is 13.5 Å². The number of rotatable bonds is 4. The van der Waals surface area contributed by atoms with Crippen molar-refractivity contribution in [2.24, 2.45) is 18.8 Å². The zero-order chi connectivity index (χ0) is 13.1. The molecule has 0 aliphatic carbocycles. The van der Waals surface area contributed by atoms with Crippen LogP contribution in [0.25, 0.3) is 11.3 Å². The molecular weight excluding hydrogens is 228 g/mol. The number of nitrogen functional groups attached to an aromatic ring is 1. The minimum atomic E-state index is 0.500. The van der Waals surface area contributed by atoms with Crippen molar-refractivity contribution in [3.05, 3.63) is 24.3 Å². The average molecular weight is 246 g/mol. The van der Waals surface area contributed by atoms with E-state index in [-0.39, 0.29) is 0 Å². The van der Waals surface area contributed by atoms with E-state index in [1.54, 1.807) is 10.9 Å². The Labute approximate surface area is 106 Å². The van der Waals surface area contributed by atoms with E-state index in [4.69, 9.17) is 5.84 Å². The van der Waals surface area contributed by atoms with Crippen molar-refractivity contribution in [1.82, 2.24) is 19.7 Å². The van der Waals surface area contributed by atoms with Crippen LogP contribution in [-0.4, -0.2) is 19.7 Å². The fourth-order valence-corrected chi connectivity index (χ4v) is 1.73. The minimum Gasteiger partial charge on any atom is -0.308 e. The number of hydrogen-bond donors (Lipinski definition) is 2. The Hall–Kier alpha value is -1.95. The Morgan fingerprint density at radius 2 is 2.17 bits per heavy atom. The summed E-state index contributed by atoms with van der Waals surface area (Å²) in [5, 5.41) is 4.14. The maximum atomic E-state index is 5.44. The average Bonchev–Trinajstić information content (AvgIpc) is 2.74. The van der Waals surface area contributed by atoms with Crippen LogP contribution in [0.5, 0.6) is 0 Å². The second-order valence-electron chi connectivity index (χ2n) is 4.70.